The molecule has 0 fully saturated rings. The Morgan fingerprint density at radius 3 is 2.72 bits per heavy atom. The molecule has 1 heterocycles. The average Bonchev–Trinajstić information content (AvgIpc) is 2.84. The molecule has 1 aromatic heterocycles. The largest absolute Gasteiger partial charge is 0.460 e. The molecule has 2 N–H and O–H groups in total. The Hall–Kier alpha value is -1.35. The van der Waals surface area contributed by atoms with Crippen molar-refractivity contribution < 1.29 is 9.21 Å². The van der Waals surface area contributed by atoms with Crippen LogP contribution in [0.25, 0.3) is 6.08 Å². The second-order valence-corrected chi connectivity index (χ2v) is 4.47. The van der Waals surface area contributed by atoms with Crippen molar-refractivity contribution in [1.82, 2.24) is 0 Å². The van der Waals surface area contributed by atoms with Gasteiger partial charge in [0.05, 0.1) is 6.54 Å². The van der Waals surface area contributed by atoms with Crippen LogP contribution in [0.5, 0.6) is 0 Å². The molecule has 0 unspecified atom stereocenters. The second-order valence-electron chi connectivity index (χ2n) is 4.47. The van der Waals surface area contributed by atoms with Gasteiger partial charge in [0.2, 0.25) is 0 Å². The van der Waals surface area contributed by atoms with Crippen LogP contribution in [0.2, 0.25) is 0 Å². The lowest BCUT2D eigenvalue weighted by Gasteiger charge is -1.97. The Bertz CT molecular complexity index is 380. The molecule has 0 saturated carbocycles. The van der Waals surface area contributed by atoms with Crippen LogP contribution in [0, 0.1) is 0 Å². The van der Waals surface area contributed by atoms with Crippen molar-refractivity contribution in [2.75, 3.05) is 0 Å². The van der Waals surface area contributed by atoms with Crippen LogP contribution in [0.4, 0.5) is 0 Å². The lowest BCUT2D eigenvalue weighted by Crippen LogP contribution is -1.93. The first kappa shape index (κ1) is 14.7. The smallest absolute Gasteiger partial charge is 0.155 e. The molecule has 0 amide bonds. The third-order valence-electron chi connectivity index (χ3n) is 2.84. The number of unbranched alkanes of at least 4 members (excludes halogenated alkanes) is 4. The molecule has 3 heteroatoms. The van der Waals surface area contributed by atoms with E-state index in [1.54, 1.807) is 12.2 Å². The van der Waals surface area contributed by atoms with Crippen molar-refractivity contribution in [2.45, 2.75) is 52.0 Å². The minimum Gasteiger partial charge on any atom is -0.460 e. The second kappa shape index (κ2) is 8.70. The number of allylic oxidation sites excluding steroid dienone is 1. The van der Waals surface area contributed by atoms with Crippen LogP contribution in [-0.2, 0) is 11.3 Å². The molecule has 18 heavy (non-hydrogen) atoms. The summed E-state index contributed by atoms with van der Waals surface area (Å²) in [5, 5.41) is 0. The van der Waals surface area contributed by atoms with Crippen molar-refractivity contribution in [3.05, 3.63) is 29.7 Å². The topological polar surface area (TPSA) is 56.2 Å². The zero-order chi connectivity index (χ0) is 13.2. The van der Waals surface area contributed by atoms with Gasteiger partial charge in [-0.15, -0.1) is 0 Å². The van der Waals surface area contributed by atoms with Gasteiger partial charge in [0, 0.05) is 6.42 Å². The number of rotatable bonds is 9. The molecule has 1 rings (SSSR count). The molecule has 100 valence electrons. The maximum absolute atomic E-state index is 11.6. The average molecular weight is 249 g/mol. The predicted octanol–water partition coefficient (Wildman–Crippen LogP) is 3.68. The molecule has 0 aliphatic rings. The van der Waals surface area contributed by atoms with Crippen LogP contribution in [0.1, 0.15) is 57.0 Å². The molecule has 0 aliphatic heterocycles. The van der Waals surface area contributed by atoms with Crippen LogP contribution in [0.3, 0.4) is 0 Å². The molecule has 0 saturated heterocycles. The van der Waals surface area contributed by atoms with Gasteiger partial charge in [-0.05, 0) is 30.7 Å². The molecule has 0 spiro atoms. The van der Waals surface area contributed by atoms with E-state index in [0.29, 0.717) is 18.7 Å². The lowest BCUT2D eigenvalue weighted by atomic mass is 10.1. The number of furan rings is 1. The monoisotopic (exact) mass is 249 g/mol. The SMILES string of the molecule is CCCCCCCC(=O)C=Cc1ccc(CN)o1. The molecular weight excluding hydrogens is 226 g/mol. The first-order valence-corrected chi connectivity index (χ1v) is 6.76. The first-order chi connectivity index (χ1) is 8.76. The Labute approximate surface area is 109 Å². The third-order valence-corrected chi connectivity index (χ3v) is 2.84. The van der Waals surface area contributed by atoms with Gasteiger partial charge in [0.25, 0.3) is 0 Å². The van der Waals surface area contributed by atoms with Crippen LogP contribution >= 0.6 is 0 Å². The highest BCUT2D eigenvalue weighted by atomic mass is 16.3. The van der Waals surface area contributed by atoms with Gasteiger partial charge in [-0.1, -0.05) is 32.6 Å². The van der Waals surface area contributed by atoms with Gasteiger partial charge in [-0.25, -0.2) is 0 Å². The summed E-state index contributed by atoms with van der Waals surface area (Å²) < 4.78 is 5.38. The summed E-state index contributed by atoms with van der Waals surface area (Å²) in [6.45, 7) is 2.58. The summed E-state index contributed by atoms with van der Waals surface area (Å²) in [4.78, 5) is 11.6. The summed E-state index contributed by atoms with van der Waals surface area (Å²) in [6.07, 6.45) is 9.79. The molecule has 0 radical (unpaired) electrons. The van der Waals surface area contributed by atoms with Crippen molar-refractivity contribution >= 4 is 11.9 Å². The minimum absolute atomic E-state index is 0.164. The minimum atomic E-state index is 0.164. The molecular formula is C15H23NO2. The van der Waals surface area contributed by atoms with E-state index in [4.69, 9.17) is 10.2 Å². The van der Waals surface area contributed by atoms with Gasteiger partial charge < -0.3 is 10.2 Å². The maximum atomic E-state index is 11.6. The highest BCUT2D eigenvalue weighted by molar-refractivity contribution is 5.93. The van der Waals surface area contributed by atoms with E-state index >= 15 is 0 Å². The molecule has 0 aliphatic carbocycles. The zero-order valence-electron chi connectivity index (χ0n) is 11.2. The zero-order valence-corrected chi connectivity index (χ0v) is 11.2. The Morgan fingerprint density at radius 2 is 2.06 bits per heavy atom. The van der Waals surface area contributed by atoms with Crippen molar-refractivity contribution in [1.29, 1.82) is 0 Å². The fourth-order valence-corrected chi connectivity index (χ4v) is 1.75. The van der Waals surface area contributed by atoms with Gasteiger partial charge >= 0.3 is 0 Å². The number of hydrogen-bond donors (Lipinski definition) is 1. The van der Waals surface area contributed by atoms with Crippen molar-refractivity contribution in [2.24, 2.45) is 5.73 Å². The van der Waals surface area contributed by atoms with Crippen molar-refractivity contribution in [3.63, 3.8) is 0 Å². The quantitative estimate of drug-likeness (QED) is 0.536. The predicted molar refractivity (Wildman–Crippen MR) is 74.0 cm³/mol. The standard InChI is InChI=1S/C15H23NO2/c1-2-3-4-5-6-7-13(17)8-9-14-10-11-15(12-16)18-14/h8-11H,2-7,12,16H2,1H3. The Morgan fingerprint density at radius 1 is 1.28 bits per heavy atom. The molecule has 0 bridgehead atoms. The van der Waals surface area contributed by atoms with Crippen LogP contribution in [0.15, 0.2) is 22.6 Å². The van der Waals surface area contributed by atoms with E-state index < -0.39 is 0 Å². The molecule has 0 aromatic carbocycles. The van der Waals surface area contributed by atoms with E-state index in [1.807, 2.05) is 12.1 Å². The number of nitrogens with two attached hydrogens (primary N) is 1. The third kappa shape index (κ3) is 5.82. The normalized spacial score (nSPS) is 11.2. The summed E-state index contributed by atoms with van der Waals surface area (Å²) in [6, 6.07) is 3.65. The molecule has 0 atom stereocenters. The first-order valence-electron chi connectivity index (χ1n) is 6.76. The van der Waals surface area contributed by atoms with Crippen LogP contribution < -0.4 is 5.73 Å². The summed E-state index contributed by atoms with van der Waals surface area (Å²) in [5.41, 5.74) is 5.44. The molecule has 3 nitrogen and oxygen atoms in total. The lowest BCUT2D eigenvalue weighted by molar-refractivity contribution is -0.114. The number of carbonyl (C=O) groups is 1. The van der Waals surface area contributed by atoms with E-state index in [1.165, 1.54) is 19.3 Å². The Balaban J connectivity index is 2.22. The fraction of sp³-hybridized carbons (Fsp3) is 0.533. The van der Waals surface area contributed by atoms with Gasteiger partial charge in [0.1, 0.15) is 11.5 Å². The molecule has 1 aromatic rings. The van der Waals surface area contributed by atoms with E-state index in [-0.39, 0.29) is 5.78 Å². The van der Waals surface area contributed by atoms with Crippen molar-refractivity contribution in [3.8, 4) is 0 Å². The van der Waals surface area contributed by atoms with Gasteiger partial charge in [-0.2, -0.15) is 0 Å². The summed E-state index contributed by atoms with van der Waals surface area (Å²) in [7, 11) is 0. The fourth-order valence-electron chi connectivity index (χ4n) is 1.75. The highest BCUT2D eigenvalue weighted by Gasteiger charge is 1.99. The summed E-state index contributed by atoms with van der Waals surface area (Å²) >= 11 is 0. The van der Waals surface area contributed by atoms with E-state index in [2.05, 4.69) is 6.92 Å². The van der Waals surface area contributed by atoms with Gasteiger partial charge in [0.15, 0.2) is 5.78 Å². The van der Waals surface area contributed by atoms with E-state index in [9.17, 15) is 4.79 Å². The highest BCUT2D eigenvalue weighted by Crippen LogP contribution is 2.10. The van der Waals surface area contributed by atoms with Gasteiger partial charge in [-0.3, -0.25) is 4.79 Å². The number of ketones is 1. The number of carbonyl (C=O) groups excluding carboxylic acids is 1. The summed E-state index contributed by atoms with van der Waals surface area (Å²) in [5.74, 6) is 1.59. The Kier molecular flexibility index (Phi) is 7.11. The van der Waals surface area contributed by atoms with Crippen LogP contribution in [-0.4, -0.2) is 5.78 Å². The van der Waals surface area contributed by atoms with E-state index in [0.717, 1.165) is 18.6 Å². The maximum Gasteiger partial charge on any atom is 0.155 e. The number of hydrogen-bond acceptors (Lipinski definition) is 3.